The second-order valence-corrected chi connectivity index (χ2v) is 7.13. The predicted molar refractivity (Wildman–Crippen MR) is 110 cm³/mol. The first-order valence-electron chi connectivity index (χ1n) is 9.42. The highest BCUT2D eigenvalue weighted by molar-refractivity contribution is 5.93. The Morgan fingerprint density at radius 3 is 2.26 bits per heavy atom. The third-order valence-electron chi connectivity index (χ3n) is 4.91. The zero-order valence-electron chi connectivity index (χ0n) is 16.4. The van der Waals surface area contributed by atoms with Crippen LogP contribution in [0.15, 0.2) is 47.5 Å². The van der Waals surface area contributed by atoms with Crippen LogP contribution in [-0.4, -0.2) is 37.9 Å². The van der Waals surface area contributed by atoms with Crippen molar-refractivity contribution < 1.29 is 4.79 Å². The van der Waals surface area contributed by atoms with Crippen LogP contribution in [0.3, 0.4) is 0 Å². The minimum atomic E-state index is 0.0151. The molecule has 0 saturated carbocycles. The van der Waals surface area contributed by atoms with Crippen molar-refractivity contribution >= 4 is 11.9 Å². The molecule has 0 heterocycles. The normalized spacial score (nSPS) is 13.2. The highest BCUT2D eigenvalue weighted by Gasteiger charge is 2.11. The van der Waals surface area contributed by atoms with Crippen LogP contribution in [0.25, 0.3) is 0 Å². The van der Waals surface area contributed by atoms with Crippen LogP contribution >= 0.6 is 0 Å². The summed E-state index contributed by atoms with van der Waals surface area (Å²) in [4.78, 5) is 17.8. The fourth-order valence-electron chi connectivity index (χ4n) is 3.35. The van der Waals surface area contributed by atoms with Crippen molar-refractivity contribution in [2.75, 3.05) is 21.1 Å². The quantitative estimate of drug-likeness (QED) is 0.634. The zero-order chi connectivity index (χ0) is 19.2. The van der Waals surface area contributed by atoms with Gasteiger partial charge in [-0.1, -0.05) is 30.3 Å². The molecule has 1 aliphatic carbocycles. The zero-order valence-corrected chi connectivity index (χ0v) is 16.4. The molecule has 142 valence electrons. The summed E-state index contributed by atoms with van der Waals surface area (Å²) in [7, 11) is 5.29. The number of hydrogen-bond acceptors (Lipinski definition) is 2. The van der Waals surface area contributed by atoms with Crippen LogP contribution in [0, 0.1) is 0 Å². The summed E-state index contributed by atoms with van der Waals surface area (Å²) >= 11 is 0. The largest absolute Gasteiger partial charge is 0.352 e. The number of hydrogen-bond donors (Lipinski definition) is 2. The summed E-state index contributed by atoms with van der Waals surface area (Å²) < 4.78 is 0. The lowest BCUT2D eigenvalue weighted by atomic mass is 10.1. The molecule has 0 aromatic heterocycles. The Kier molecular flexibility index (Phi) is 6.12. The molecule has 0 fully saturated rings. The Bertz CT molecular complexity index is 825. The van der Waals surface area contributed by atoms with Crippen LogP contribution in [0.2, 0.25) is 0 Å². The smallest absolute Gasteiger partial charge is 0.253 e. The number of carbonyl (C=O) groups excluding carboxylic acids is 1. The third-order valence-corrected chi connectivity index (χ3v) is 4.91. The van der Waals surface area contributed by atoms with Crippen molar-refractivity contribution in [1.29, 1.82) is 0 Å². The summed E-state index contributed by atoms with van der Waals surface area (Å²) in [6.07, 6.45) is 3.68. The molecule has 0 saturated heterocycles. The molecule has 2 aromatic carbocycles. The molecule has 27 heavy (non-hydrogen) atoms. The molecular formula is C22H28N4O. The van der Waals surface area contributed by atoms with Crippen LogP contribution in [0.5, 0.6) is 0 Å². The number of nitrogens with zero attached hydrogens (tertiary/aromatic N) is 2. The maximum Gasteiger partial charge on any atom is 0.253 e. The van der Waals surface area contributed by atoms with Gasteiger partial charge in [-0.25, -0.2) is 0 Å². The average molecular weight is 364 g/mol. The second-order valence-electron chi connectivity index (χ2n) is 7.13. The van der Waals surface area contributed by atoms with Gasteiger partial charge in [-0.3, -0.25) is 9.79 Å². The number of rotatable bonds is 5. The third kappa shape index (κ3) is 4.88. The Morgan fingerprint density at radius 1 is 0.963 bits per heavy atom. The highest BCUT2D eigenvalue weighted by Crippen LogP contribution is 2.22. The number of aryl methyl sites for hydroxylation is 2. The molecule has 0 bridgehead atoms. The molecule has 2 aromatic rings. The number of fused-ring (bicyclic) bond motifs is 1. The Labute approximate surface area is 161 Å². The predicted octanol–water partition coefficient (Wildman–Crippen LogP) is 2.74. The van der Waals surface area contributed by atoms with Crippen molar-refractivity contribution in [3.8, 4) is 0 Å². The fraction of sp³-hybridized carbons (Fsp3) is 0.364. The minimum Gasteiger partial charge on any atom is -0.352 e. The van der Waals surface area contributed by atoms with Gasteiger partial charge in [0.1, 0.15) is 0 Å². The molecule has 0 unspecified atom stereocenters. The summed E-state index contributed by atoms with van der Waals surface area (Å²) in [6, 6.07) is 14.4. The summed E-state index contributed by atoms with van der Waals surface area (Å²) in [6.45, 7) is 1.41. The maximum atomic E-state index is 11.9. The van der Waals surface area contributed by atoms with Gasteiger partial charge in [0.15, 0.2) is 5.96 Å². The van der Waals surface area contributed by atoms with Crippen molar-refractivity contribution in [3.05, 3.63) is 70.3 Å². The minimum absolute atomic E-state index is 0.0151. The van der Waals surface area contributed by atoms with Gasteiger partial charge in [0, 0.05) is 39.8 Å². The summed E-state index contributed by atoms with van der Waals surface area (Å²) in [5, 5.41) is 6.69. The van der Waals surface area contributed by atoms with Gasteiger partial charge in [0.05, 0.1) is 0 Å². The standard InChI is InChI=1S/C22H28N4O/c1-23-22(25-15-17-9-10-18-5-4-6-20(18)13-17)24-14-16-7-11-19(12-8-16)21(27)26(2)3/h7-13H,4-6,14-15H2,1-3H3,(H2,23,24,25). The van der Waals surface area contributed by atoms with Gasteiger partial charge < -0.3 is 15.5 Å². The average Bonchev–Trinajstić information content (AvgIpc) is 3.15. The molecule has 0 atom stereocenters. The van der Waals surface area contributed by atoms with Crippen LogP contribution in [0.1, 0.15) is 39.0 Å². The maximum absolute atomic E-state index is 11.9. The Balaban J connectivity index is 1.51. The number of guanidine groups is 1. The molecule has 2 N–H and O–H groups in total. The van der Waals surface area contributed by atoms with E-state index < -0.39 is 0 Å². The Morgan fingerprint density at radius 2 is 1.59 bits per heavy atom. The number of aliphatic imine (C=N–C) groups is 1. The first-order chi connectivity index (χ1) is 13.1. The topological polar surface area (TPSA) is 56.7 Å². The van der Waals surface area contributed by atoms with E-state index in [9.17, 15) is 4.79 Å². The number of amides is 1. The van der Waals surface area contributed by atoms with E-state index in [1.54, 1.807) is 26.0 Å². The summed E-state index contributed by atoms with van der Waals surface area (Å²) in [5.74, 6) is 0.783. The van der Waals surface area contributed by atoms with Gasteiger partial charge in [0.25, 0.3) is 5.91 Å². The number of carbonyl (C=O) groups is 1. The molecule has 5 nitrogen and oxygen atoms in total. The van der Waals surface area contributed by atoms with Crippen LogP contribution < -0.4 is 10.6 Å². The SMILES string of the molecule is CN=C(NCc1ccc(C(=O)N(C)C)cc1)NCc1ccc2c(c1)CCC2. The molecule has 1 aliphatic rings. The Hall–Kier alpha value is -2.82. The van der Waals surface area contributed by atoms with E-state index in [2.05, 4.69) is 33.8 Å². The van der Waals surface area contributed by atoms with E-state index in [0.717, 1.165) is 18.1 Å². The first kappa shape index (κ1) is 19.0. The second kappa shape index (κ2) is 8.71. The van der Waals surface area contributed by atoms with E-state index >= 15 is 0 Å². The highest BCUT2D eigenvalue weighted by atomic mass is 16.2. The molecule has 0 radical (unpaired) electrons. The molecule has 0 aliphatic heterocycles. The molecule has 5 heteroatoms. The van der Waals surface area contributed by atoms with E-state index in [0.29, 0.717) is 12.1 Å². The monoisotopic (exact) mass is 364 g/mol. The lowest BCUT2D eigenvalue weighted by molar-refractivity contribution is 0.0827. The van der Waals surface area contributed by atoms with Crippen molar-refractivity contribution in [3.63, 3.8) is 0 Å². The number of nitrogens with one attached hydrogen (secondary N) is 2. The van der Waals surface area contributed by atoms with E-state index in [-0.39, 0.29) is 5.91 Å². The lowest BCUT2D eigenvalue weighted by Gasteiger charge is -2.13. The van der Waals surface area contributed by atoms with Crippen LogP contribution in [0.4, 0.5) is 0 Å². The van der Waals surface area contributed by atoms with Crippen molar-refractivity contribution in [2.45, 2.75) is 32.4 Å². The molecule has 3 rings (SSSR count). The van der Waals surface area contributed by atoms with E-state index in [1.165, 1.54) is 36.0 Å². The lowest BCUT2D eigenvalue weighted by Crippen LogP contribution is -2.36. The summed E-state index contributed by atoms with van der Waals surface area (Å²) in [5.41, 5.74) is 6.07. The van der Waals surface area contributed by atoms with E-state index in [4.69, 9.17) is 0 Å². The van der Waals surface area contributed by atoms with Crippen LogP contribution in [-0.2, 0) is 25.9 Å². The number of benzene rings is 2. The molecule has 0 spiro atoms. The van der Waals surface area contributed by atoms with Gasteiger partial charge in [-0.05, 0) is 53.6 Å². The molecular weight excluding hydrogens is 336 g/mol. The van der Waals surface area contributed by atoms with Crippen molar-refractivity contribution in [1.82, 2.24) is 15.5 Å². The van der Waals surface area contributed by atoms with Gasteiger partial charge in [-0.2, -0.15) is 0 Å². The van der Waals surface area contributed by atoms with Gasteiger partial charge in [-0.15, -0.1) is 0 Å². The van der Waals surface area contributed by atoms with Gasteiger partial charge in [0.2, 0.25) is 0 Å². The van der Waals surface area contributed by atoms with Crippen molar-refractivity contribution in [2.24, 2.45) is 4.99 Å². The first-order valence-corrected chi connectivity index (χ1v) is 9.42. The van der Waals surface area contributed by atoms with E-state index in [1.807, 2.05) is 24.3 Å². The fourth-order valence-corrected chi connectivity index (χ4v) is 3.35. The molecule has 1 amide bonds. The van der Waals surface area contributed by atoms with Gasteiger partial charge >= 0.3 is 0 Å².